The lowest BCUT2D eigenvalue weighted by molar-refractivity contribution is 0.101. The van der Waals surface area contributed by atoms with Gasteiger partial charge in [0.25, 0.3) is 0 Å². The van der Waals surface area contributed by atoms with Gasteiger partial charge in [0, 0.05) is 18.0 Å². The van der Waals surface area contributed by atoms with Crippen molar-refractivity contribution in [3.05, 3.63) is 35.7 Å². The zero-order valence-corrected chi connectivity index (χ0v) is 9.00. The summed E-state index contributed by atoms with van der Waals surface area (Å²) in [5, 5.41) is 0. The highest BCUT2D eigenvalue weighted by atomic mass is 32.1. The first-order chi connectivity index (χ1) is 6.74. The van der Waals surface area contributed by atoms with Crippen LogP contribution in [-0.4, -0.2) is 16.5 Å². The van der Waals surface area contributed by atoms with Gasteiger partial charge in [-0.05, 0) is 30.7 Å². The molecular formula is C11H13NOS. The molecule has 1 heterocycles. The zero-order chi connectivity index (χ0) is 10.4. The number of rotatable bonds is 4. The average molecular weight is 207 g/mol. The van der Waals surface area contributed by atoms with Gasteiger partial charge in [-0.25, -0.2) is 0 Å². The smallest absolute Gasteiger partial charge is 0.161 e. The average Bonchev–Trinajstić information content (AvgIpc) is 2.19. The molecule has 0 N–H and O–H groups in total. The molecule has 1 aromatic rings. The first-order valence-corrected chi connectivity index (χ1v) is 5.10. The Labute approximate surface area is 89.5 Å². The van der Waals surface area contributed by atoms with E-state index in [1.165, 1.54) is 6.92 Å². The Hall–Kier alpha value is -1.09. The summed E-state index contributed by atoms with van der Waals surface area (Å²) in [4.78, 5) is 15.0. The van der Waals surface area contributed by atoms with Gasteiger partial charge in [0.05, 0.1) is 0 Å². The molecule has 0 radical (unpaired) electrons. The van der Waals surface area contributed by atoms with E-state index in [2.05, 4.69) is 17.6 Å². The summed E-state index contributed by atoms with van der Waals surface area (Å²) in [5.74, 6) is 0.873. The molecule has 0 amide bonds. The van der Waals surface area contributed by atoms with Crippen LogP contribution < -0.4 is 0 Å². The monoisotopic (exact) mass is 207 g/mol. The van der Waals surface area contributed by atoms with Crippen LogP contribution in [0.2, 0.25) is 0 Å². The number of carbonyl (C=O) groups excluding carboxylic acids is 1. The van der Waals surface area contributed by atoms with Crippen LogP contribution in [0.4, 0.5) is 0 Å². The largest absolute Gasteiger partial charge is 0.294 e. The molecule has 0 saturated heterocycles. The number of carbonyl (C=O) groups is 1. The fourth-order valence-electron chi connectivity index (χ4n) is 1.04. The Morgan fingerprint density at radius 2 is 2.36 bits per heavy atom. The van der Waals surface area contributed by atoms with Crippen LogP contribution in [0, 0.1) is 0 Å². The van der Waals surface area contributed by atoms with Gasteiger partial charge in [-0.15, -0.1) is 0 Å². The quantitative estimate of drug-likeness (QED) is 0.607. The van der Waals surface area contributed by atoms with Crippen LogP contribution in [0.3, 0.4) is 0 Å². The molecule has 1 rings (SSSR count). The minimum atomic E-state index is 0.0435. The maximum Gasteiger partial charge on any atom is 0.161 e. The SMILES string of the molecule is CC(=O)c1cncc(C=CCCS)c1. The van der Waals surface area contributed by atoms with Crippen molar-refractivity contribution in [2.75, 3.05) is 5.75 Å². The van der Waals surface area contributed by atoms with Crippen molar-refractivity contribution in [3.8, 4) is 0 Å². The number of thiol groups is 1. The molecule has 0 bridgehead atoms. The number of ketones is 1. The Bertz CT molecular complexity index is 347. The molecule has 1 aromatic heterocycles. The molecule has 0 aliphatic rings. The van der Waals surface area contributed by atoms with Crippen LogP contribution >= 0.6 is 12.6 Å². The molecule has 74 valence electrons. The highest BCUT2D eigenvalue weighted by molar-refractivity contribution is 7.80. The van der Waals surface area contributed by atoms with Gasteiger partial charge in [0.1, 0.15) is 0 Å². The highest BCUT2D eigenvalue weighted by Crippen LogP contribution is 2.06. The third kappa shape index (κ3) is 3.34. The van der Waals surface area contributed by atoms with Crippen molar-refractivity contribution in [1.82, 2.24) is 4.98 Å². The molecule has 0 unspecified atom stereocenters. The molecule has 0 aromatic carbocycles. The van der Waals surface area contributed by atoms with Crippen LogP contribution in [0.25, 0.3) is 6.08 Å². The molecular weight excluding hydrogens is 194 g/mol. The van der Waals surface area contributed by atoms with E-state index in [1.54, 1.807) is 12.4 Å². The van der Waals surface area contributed by atoms with Gasteiger partial charge in [-0.1, -0.05) is 12.2 Å². The van der Waals surface area contributed by atoms with Crippen molar-refractivity contribution < 1.29 is 4.79 Å². The molecule has 0 saturated carbocycles. The number of pyridine rings is 1. The van der Waals surface area contributed by atoms with E-state index in [4.69, 9.17) is 0 Å². The summed E-state index contributed by atoms with van der Waals surface area (Å²) < 4.78 is 0. The molecule has 0 atom stereocenters. The molecule has 2 nitrogen and oxygen atoms in total. The summed E-state index contributed by atoms with van der Waals surface area (Å²) in [7, 11) is 0. The summed E-state index contributed by atoms with van der Waals surface area (Å²) in [5.41, 5.74) is 1.61. The van der Waals surface area contributed by atoms with E-state index >= 15 is 0 Å². The van der Waals surface area contributed by atoms with Crippen molar-refractivity contribution in [2.45, 2.75) is 13.3 Å². The second-order valence-corrected chi connectivity index (χ2v) is 3.43. The van der Waals surface area contributed by atoms with Gasteiger partial charge in [-0.3, -0.25) is 9.78 Å². The lowest BCUT2D eigenvalue weighted by Gasteiger charge is -1.96. The Morgan fingerprint density at radius 1 is 1.57 bits per heavy atom. The van der Waals surface area contributed by atoms with E-state index < -0.39 is 0 Å². The third-order valence-electron chi connectivity index (χ3n) is 1.77. The molecule has 0 fully saturated rings. The number of allylic oxidation sites excluding steroid dienone is 1. The number of nitrogens with zero attached hydrogens (tertiary/aromatic N) is 1. The normalized spacial score (nSPS) is 10.7. The molecule has 0 spiro atoms. The number of hydrogen-bond donors (Lipinski definition) is 1. The minimum Gasteiger partial charge on any atom is -0.294 e. The van der Waals surface area contributed by atoms with Gasteiger partial charge >= 0.3 is 0 Å². The lowest BCUT2D eigenvalue weighted by Crippen LogP contribution is -1.93. The minimum absolute atomic E-state index is 0.0435. The summed E-state index contributed by atoms with van der Waals surface area (Å²) in [6, 6.07) is 1.84. The molecule has 3 heteroatoms. The van der Waals surface area contributed by atoms with Gasteiger partial charge < -0.3 is 0 Å². The van der Waals surface area contributed by atoms with Crippen molar-refractivity contribution >= 4 is 24.5 Å². The second-order valence-electron chi connectivity index (χ2n) is 2.98. The van der Waals surface area contributed by atoms with E-state index in [1.807, 2.05) is 18.2 Å². The summed E-state index contributed by atoms with van der Waals surface area (Å²) in [6.45, 7) is 1.54. The van der Waals surface area contributed by atoms with E-state index in [0.29, 0.717) is 5.56 Å². The number of aromatic nitrogens is 1. The Balaban J connectivity index is 2.78. The highest BCUT2D eigenvalue weighted by Gasteiger charge is 1.98. The predicted molar refractivity (Wildman–Crippen MR) is 61.7 cm³/mol. The molecule has 14 heavy (non-hydrogen) atoms. The zero-order valence-electron chi connectivity index (χ0n) is 8.10. The molecule has 0 aliphatic heterocycles. The van der Waals surface area contributed by atoms with Gasteiger partial charge in [0.2, 0.25) is 0 Å². The fourth-order valence-corrected chi connectivity index (χ4v) is 1.18. The first-order valence-electron chi connectivity index (χ1n) is 4.47. The van der Waals surface area contributed by atoms with Crippen molar-refractivity contribution in [2.24, 2.45) is 0 Å². The lowest BCUT2D eigenvalue weighted by atomic mass is 10.1. The summed E-state index contributed by atoms with van der Waals surface area (Å²) in [6.07, 6.45) is 8.22. The van der Waals surface area contributed by atoms with E-state index in [0.717, 1.165) is 17.7 Å². The van der Waals surface area contributed by atoms with Gasteiger partial charge in [-0.2, -0.15) is 12.6 Å². The van der Waals surface area contributed by atoms with E-state index in [-0.39, 0.29) is 5.78 Å². The van der Waals surface area contributed by atoms with Crippen LogP contribution in [-0.2, 0) is 0 Å². The summed E-state index contributed by atoms with van der Waals surface area (Å²) >= 11 is 4.10. The fraction of sp³-hybridized carbons (Fsp3) is 0.273. The standard InChI is InChI=1S/C11H13NOS/c1-9(13)11-6-10(7-12-8-11)4-2-3-5-14/h2,4,6-8,14H,3,5H2,1H3. The van der Waals surface area contributed by atoms with Gasteiger partial charge in [0.15, 0.2) is 5.78 Å². The predicted octanol–water partition coefficient (Wildman–Crippen LogP) is 2.62. The van der Waals surface area contributed by atoms with Crippen LogP contribution in [0.15, 0.2) is 24.5 Å². The topological polar surface area (TPSA) is 30.0 Å². The molecule has 0 aliphatic carbocycles. The van der Waals surface area contributed by atoms with Crippen LogP contribution in [0.1, 0.15) is 29.3 Å². The maximum atomic E-state index is 11.1. The van der Waals surface area contributed by atoms with Crippen LogP contribution in [0.5, 0.6) is 0 Å². The second kappa shape index (κ2) is 5.60. The third-order valence-corrected chi connectivity index (χ3v) is 2.03. The number of Topliss-reactive ketones (excluding diaryl/α,β-unsaturated/α-hetero) is 1. The Morgan fingerprint density at radius 3 is 3.00 bits per heavy atom. The van der Waals surface area contributed by atoms with Crippen molar-refractivity contribution in [1.29, 1.82) is 0 Å². The Kier molecular flexibility index (Phi) is 4.40. The van der Waals surface area contributed by atoms with E-state index in [9.17, 15) is 4.79 Å². The number of hydrogen-bond acceptors (Lipinski definition) is 3. The first kappa shape index (κ1) is 11.0. The maximum absolute atomic E-state index is 11.1. The van der Waals surface area contributed by atoms with Crippen molar-refractivity contribution in [3.63, 3.8) is 0 Å².